The number of carbonyl (C=O) groups is 1. The van der Waals surface area contributed by atoms with Gasteiger partial charge < -0.3 is 5.32 Å². The molecule has 1 heterocycles. The van der Waals surface area contributed by atoms with Crippen molar-refractivity contribution in [3.63, 3.8) is 0 Å². The van der Waals surface area contributed by atoms with Crippen molar-refractivity contribution in [2.24, 2.45) is 0 Å². The second-order valence-corrected chi connectivity index (χ2v) is 6.71. The van der Waals surface area contributed by atoms with Gasteiger partial charge in [-0.05, 0) is 59.6 Å². The molecule has 2 aromatic carbocycles. The molecule has 1 saturated heterocycles. The van der Waals surface area contributed by atoms with Crippen LogP contribution in [-0.2, 0) is 0 Å². The molecular formula is C19H21BrN2O. The van der Waals surface area contributed by atoms with Crippen LogP contribution in [0.3, 0.4) is 0 Å². The Hall–Kier alpha value is -1.65. The van der Waals surface area contributed by atoms with E-state index in [1.54, 1.807) is 0 Å². The zero-order valence-corrected chi connectivity index (χ0v) is 14.6. The molecule has 2 aromatic rings. The molecule has 0 radical (unpaired) electrons. The van der Waals surface area contributed by atoms with Gasteiger partial charge >= 0.3 is 0 Å². The minimum Gasteiger partial charge on any atom is -0.350 e. The lowest BCUT2D eigenvalue weighted by Crippen LogP contribution is -2.36. The Kier molecular flexibility index (Phi) is 5.47. The standard InChI is InChI=1S/C19H21BrN2O/c20-17-11-5-4-10-16(17)19(23)21-14-18(22-12-6-7-13-22)15-8-2-1-3-9-15/h1-5,8-11,18H,6-7,12-14H2,(H,21,23)/t18-/m1/s1. The van der Waals surface area contributed by atoms with Gasteiger partial charge in [0.05, 0.1) is 11.6 Å². The van der Waals surface area contributed by atoms with Gasteiger partial charge in [-0.3, -0.25) is 9.69 Å². The fraction of sp³-hybridized carbons (Fsp3) is 0.316. The Bertz CT molecular complexity index is 653. The first kappa shape index (κ1) is 16.2. The lowest BCUT2D eigenvalue weighted by molar-refractivity contribution is 0.0937. The van der Waals surface area contributed by atoms with E-state index in [9.17, 15) is 4.79 Å². The quantitative estimate of drug-likeness (QED) is 0.859. The number of hydrogen-bond donors (Lipinski definition) is 1. The summed E-state index contributed by atoms with van der Waals surface area (Å²) < 4.78 is 0.829. The fourth-order valence-corrected chi connectivity index (χ4v) is 3.58. The van der Waals surface area contributed by atoms with E-state index < -0.39 is 0 Å². The lowest BCUT2D eigenvalue weighted by Gasteiger charge is -2.28. The van der Waals surface area contributed by atoms with E-state index >= 15 is 0 Å². The highest BCUT2D eigenvalue weighted by Crippen LogP contribution is 2.24. The fourth-order valence-electron chi connectivity index (χ4n) is 3.12. The van der Waals surface area contributed by atoms with Crippen LogP contribution in [0.25, 0.3) is 0 Å². The first-order valence-corrected chi connectivity index (χ1v) is 8.87. The first-order chi connectivity index (χ1) is 11.3. The summed E-state index contributed by atoms with van der Waals surface area (Å²) in [5, 5.41) is 3.10. The first-order valence-electron chi connectivity index (χ1n) is 8.07. The predicted octanol–water partition coefficient (Wildman–Crippen LogP) is 4.02. The van der Waals surface area contributed by atoms with Crippen molar-refractivity contribution >= 4 is 21.8 Å². The molecule has 1 aliphatic heterocycles. The van der Waals surface area contributed by atoms with E-state index in [1.165, 1.54) is 18.4 Å². The minimum absolute atomic E-state index is 0.0300. The van der Waals surface area contributed by atoms with Crippen LogP contribution in [0.4, 0.5) is 0 Å². The van der Waals surface area contributed by atoms with Gasteiger partial charge in [-0.15, -0.1) is 0 Å². The van der Waals surface area contributed by atoms with E-state index in [4.69, 9.17) is 0 Å². The normalized spacial score (nSPS) is 16.2. The van der Waals surface area contributed by atoms with Crippen LogP contribution in [0.1, 0.15) is 34.8 Å². The van der Waals surface area contributed by atoms with Gasteiger partial charge in [-0.1, -0.05) is 42.5 Å². The van der Waals surface area contributed by atoms with E-state index in [-0.39, 0.29) is 11.9 Å². The lowest BCUT2D eigenvalue weighted by atomic mass is 10.1. The van der Waals surface area contributed by atoms with Crippen molar-refractivity contribution in [1.82, 2.24) is 10.2 Å². The van der Waals surface area contributed by atoms with E-state index in [0.717, 1.165) is 17.6 Å². The summed E-state index contributed by atoms with van der Waals surface area (Å²) in [7, 11) is 0. The van der Waals surface area contributed by atoms with Gasteiger partial charge in [-0.25, -0.2) is 0 Å². The monoisotopic (exact) mass is 372 g/mol. The van der Waals surface area contributed by atoms with Crippen molar-refractivity contribution in [2.75, 3.05) is 19.6 Å². The average molecular weight is 373 g/mol. The third-order valence-electron chi connectivity index (χ3n) is 4.34. The molecule has 3 nitrogen and oxygen atoms in total. The molecule has 0 unspecified atom stereocenters. The Morgan fingerprint density at radius 1 is 1.04 bits per heavy atom. The van der Waals surface area contributed by atoms with E-state index in [2.05, 4.69) is 50.4 Å². The summed E-state index contributed by atoms with van der Waals surface area (Å²) in [6.07, 6.45) is 2.48. The molecule has 0 aromatic heterocycles. The van der Waals surface area contributed by atoms with Crippen LogP contribution in [0, 0.1) is 0 Å². The second-order valence-electron chi connectivity index (χ2n) is 5.86. The Morgan fingerprint density at radius 2 is 1.70 bits per heavy atom. The summed E-state index contributed by atoms with van der Waals surface area (Å²) in [4.78, 5) is 14.9. The molecule has 0 saturated carbocycles. The number of amides is 1. The number of benzene rings is 2. The largest absolute Gasteiger partial charge is 0.350 e. The third kappa shape index (κ3) is 4.01. The third-order valence-corrected chi connectivity index (χ3v) is 5.03. The maximum atomic E-state index is 12.5. The number of rotatable bonds is 5. The molecular weight excluding hydrogens is 352 g/mol. The minimum atomic E-state index is -0.0300. The number of nitrogens with one attached hydrogen (secondary N) is 1. The summed E-state index contributed by atoms with van der Waals surface area (Å²) in [5.41, 5.74) is 1.95. The molecule has 0 spiro atoms. The van der Waals surface area contributed by atoms with Crippen LogP contribution < -0.4 is 5.32 Å². The van der Waals surface area contributed by atoms with Gasteiger partial charge in [0.1, 0.15) is 0 Å². The molecule has 23 heavy (non-hydrogen) atoms. The Morgan fingerprint density at radius 3 is 2.39 bits per heavy atom. The zero-order valence-electron chi connectivity index (χ0n) is 13.0. The molecule has 1 atom stereocenters. The molecule has 0 bridgehead atoms. The summed E-state index contributed by atoms with van der Waals surface area (Å²) in [5.74, 6) is -0.0300. The van der Waals surface area contributed by atoms with Crippen molar-refractivity contribution in [1.29, 1.82) is 0 Å². The number of halogens is 1. The average Bonchev–Trinajstić information content (AvgIpc) is 3.10. The highest BCUT2D eigenvalue weighted by atomic mass is 79.9. The Balaban J connectivity index is 1.72. The highest BCUT2D eigenvalue weighted by molar-refractivity contribution is 9.10. The number of hydrogen-bond acceptors (Lipinski definition) is 2. The van der Waals surface area contributed by atoms with Crippen LogP contribution in [0.15, 0.2) is 59.1 Å². The molecule has 120 valence electrons. The number of likely N-dealkylation sites (tertiary alicyclic amines) is 1. The molecule has 1 fully saturated rings. The second kappa shape index (κ2) is 7.75. The summed E-state index contributed by atoms with van der Waals surface area (Å²) in [6.45, 7) is 2.83. The molecule has 3 rings (SSSR count). The topological polar surface area (TPSA) is 32.3 Å². The highest BCUT2D eigenvalue weighted by Gasteiger charge is 2.24. The van der Waals surface area contributed by atoms with Crippen molar-refractivity contribution < 1.29 is 4.79 Å². The van der Waals surface area contributed by atoms with Gasteiger partial charge in [0.15, 0.2) is 0 Å². The molecule has 1 N–H and O–H groups in total. The van der Waals surface area contributed by atoms with Crippen molar-refractivity contribution in [3.05, 3.63) is 70.2 Å². The van der Waals surface area contributed by atoms with Crippen molar-refractivity contribution in [2.45, 2.75) is 18.9 Å². The van der Waals surface area contributed by atoms with Crippen LogP contribution in [0.2, 0.25) is 0 Å². The number of carbonyl (C=O) groups excluding carboxylic acids is 1. The summed E-state index contributed by atoms with van der Waals surface area (Å²) in [6, 6.07) is 18.2. The maximum Gasteiger partial charge on any atom is 0.252 e. The Labute approximate surface area is 145 Å². The maximum absolute atomic E-state index is 12.5. The smallest absolute Gasteiger partial charge is 0.252 e. The number of nitrogens with zero attached hydrogens (tertiary/aromatic N) is 1. The summed E-state index contributed by atoms with van der Waals surface area (Å²) >= 11 is 3.44. The van der Waals surface area contributed by atoms with Crippen LogP contribution in [-0.4, -0.2) is 30.4 Å². The molecule has 0 aliphatic carbocycles. The molecule has 1 aliphatic rings. The van der Waals surface area contributed by atoms with Gasteiger partial charge in [0, 0.05) is 11.0 Å². The van der Waals surface area contributed by atoms with Gasteiger partial charge in [0.2, 0.25) is 0 Å². The van der Waals surface area contributed by atoms with Crippen molar-refractivity contribution in [3.8, 4) is 0 Å². The molecule has 1 amide bonds. The van der Waals surface area contributed by atoms with Crippen LogP contribution in [0.5, 0.6) is 0 Å². The van der Waals surface area contributed by atoms with Crippen LogP contribution >= 0.6 is 15.9 Å². The van der Waals surface area contributed by atoms with E-state index in [0.29, 0.717) is 12.1 Å². The van der Waals surface area contributed by atoms with E-state index in [1.807, 2.05) is 30.3 Å². The SMILES string of the molecule is O=C(NC[C@H](c1ccccc1)N1CCCC1)c1ccccc1Br. The van der Waals surface area contributed by atoms with Gasteiger partial charge in [-0.2, -0.15) is 0 Å². The predicted molar refractivity (Wildman–Crippen MR) is 96.5 cm³/mol. The van der Waals surface area contributed by atoms with Gasteiger partial charge in [0.25, 0.3) is 5.91 Å². The zero-order chi connectivity index (χ0) is 16.1. The molecule has 4 heteroatoms.